The number of amides is 1. The molecule has 0 bridgehead atoms. The molecule has 1 saturated heterocycles. The summed E-state index contributed by atoms with van der Waals surface area (Å²) in [6.07, 6.45) is 2.53. The van der Waals surface area contributed by atoms with Crippen molar-refractivity contribution in [2.24, 2.45) is 0 Å². The molecule has 0 radical (unpaired) electrons. The Bertz CT molecular complexity index is 982. The van der Waals surface area contributed by atoms with Crippen molar-refractivity contribution in [2.45, 2.75) is 38.5 Å². The molecule has 1 aliphatic rings. The number of hydrogen-bond acceptors (Lipinski definition) is 2. The van der Waals surface area contributed by atoms with E-state index in [0.717, 1.165) is 48.1 Å². The predicted octanol–water partition coefficient (Wildman–Crippen LogP) is 4.85. The van der Waals surface area contributed by atoms with Crippen molar-refractivity contribution in [3.8, 4) is 0 Å². The molecule has 1 amide bonds. The maximum absolute atomic E-state index is 12.8. The van der Waals surface area contributed by atoms with Crippen LogP contribution in [0.2, 0.25) is 0 Å². The van der Waals surface area contributed by atoms with Gasteiger partial charge >= 0.3 is 0 Å². The minimum atomic E-state index is 0.0440. The molecule has 2 heterocycles. The van der Waals surface area contributed by atoms with Crippen LogP contribution in [0.5, 0.6) is 0 Å². The Morgan fingerprint density at radius 2 is 1.64 bits per heavy atom. The molecule has 0 unspecified atom stereocenters. The Balaban J connectivity index is 1.33. The fourth-order valence-electron chi connectivity index (χ4n) is 4.33. The third kappa shape index (κ3) is 3.72. The minimum absolute atomic E-state index is 0.0440. The lowest BCUT2D eigenvalue weighted by atomic mass is 9.89. The highest BCUT2D eigenvalue weighted by Gasteiger charge is 2.24. The van der Waals surface area contributed by atoms with Gasteiger partial charge in [0.2, 0.25) is 5.91 Å². The second-order valence-corrected chi connectivity index (χ2v) is 7.66. The highest BCUT2D eigenvalue weighted by molar-refractivity contribution is 6.09. The summed E-state index contributed by atoms with van der Waals surface area (Å²) >= 11 is 0. The second kappa shape index (κ2) is 8.01. The van der Waals surface area contributed by atoms with Gasteiger partial charge in [-0.05, 0) is 37.3 Å². The molecule has 0 atom stereocenters. The van der Waals surface area contributed by atoms with Crippen molar-refractivity contribution in [3.05, 3.63) is 71.4 Å². The van der Waals surface area contributed by atoms with E-state index < -0.39 is 0 Å². The number of carbonyl (C=O) groups excluding carboxylic acids is 2. The number of aryl methyl sites for hydroxylation is 1. The highest BCUT2D eigenvalue weighted by Crippen LogP contribution is 2.28. The van der Waals surface area contributed by atoms with Crippen LogP contribution >= 0.6 is 0 Å². The number of ketones is 1. The van der Waals surface area contributed by atoms with Gasteiger partial charge in [0.25, 0.3) is 0 Å². The summed E-state index contributed by atoms with van der Waals surface area (Å²) in [5.74, 6) is 0.667. The quantitative estimate of drug-likeness (QED) is 0.649. The zero-order valence-corrected chi connectivity index (χ0v) is 16.3. The Hall–Kier alpha value is -2.88. The van der Waals surface area contributed by atoms with E-state index in [1.807, 2.05) is 42.2 Å². The molecule has 28 heavy (non-hydrogen) atoms. The van der Waals surface area contributed by atoms with E-state index in [4.69, 9.17) is 0 Å². The lowest BCUT2D eigenvalue weighted by Crippen LogP contribution is -2.38. The number of nitrogens with zero attached hydrogens (tertiary/aromatic N) is 1. The molecule has 1 fully saturated rings. The third-order valence-electron chi connectivity index (χ3n) is 5.86. The van der Waals surface area contributed by atoms with E-state index in [1.54, 1.807) is 0 Å². The Kier molecular flexibility index (Phi) is 5.29. The van der Waals surface area contributed by atoms with Crippen LogP contribution in [0, 0.1) is 6.92 Å². The van der Waals surface area contributed by atoms with Gasteiger partial charge in [0.05, 0.1) is 0 Å². The first-order chi connectivity index (χ1) is 13.6. The van der Waals surface area contributed by atoms with Gasteiger partial charge in [0.15, 0.2) is 5.78 Å². The number of Topliss-reactive ketones (excluding diaryl/α,β-unsaturated/α-hetero) is 1. The first-order valence-corrected chi connectivity index (χ1v) is 10.1. The number of rotatable bonds is 5. The van der Waals surface area contributed by atoms with E-state index in [-0.39, 0.29) is 24.5 Å². The van der Waals surface area contributed by atoms with Gasteiger partial charge in [0.1, 0.15) is 0 Å². The molecule has 144 valence electrons. The van der Waals surface area contributed by atoms with Crippen LogP contribution in [0.15, 0.2) is 54.6 Å². The van der Waals surface area contributed by atoms with Gasteiger partial charge in [-0.3, -0.25) is 9.59 Å². The molecule has 0 spiro atoms. The minimum Gasteiger partial charge on any atom is -0.358 e. The summed E-state index contributed by atoms with van der Waals surface area (Å²) in [6, 6.07) is 18.4. The number of para-hydroxylation sites is 1. The first kappa shape index (κ1) is 18.5. The molecule has 2 aromatic carbocycles. The third-order valence-corrected chi connectivity index (χ3v) is 5.86. The molecule has 4 heteroatoms. The number of aromatic nitrogens is 1. The lowest BCUT2D eigenvalue weighted by Gasteiger charge is -2.32. The maximum Gasteiger partial charge on any atom is 0.223 e. The fraction of sp³-hybridized carbons (Fsp3) is 0.333. The number of nitrogens with one attached hydrogen (secondary N) is 1. The van der Waals surface area contributed by atoms with Gasteiger partial charge < -0.3 is 9.88 Å². The standard InChI is InChI=1S/C24H26N2O2/c1-17-24(20-9-5-6-10-21(20)25-17)22(27)11-12-23(28)26-15-13-19(14-16-26)18-7-3-2-4-8-18/h2-10,19,25H,11-16H2,1H3. The zero-order valence-electron chi connectivity index (χ0n) is 16.3. The molecule has 3 aromatic rings. The second-order valence-electron chi connectivity index (χ2n) is 7.66. The summed E-state index contributed by atoms with van der Waals surface area (Å²) in [5, 5.41) is 0.945. The van der Waals surface area contributed by atoms with Crippen molar-refractivity contribution < 1.29 is 9.59 Å². The van der Waals surface area contributed by atoms with Crippen molar-refractivity contribution in [3.63, 3.8) is 0 Å². The number of carbonyl (C=O) groups is 2. The van der Waals surface area contributed by atoms with Crippen LogP contribution in [0.1, 0.15) is 53.2 Å². The van der Waals surface area contributed by atoms with Crippen LogP contribution < -0.4 is 0 Å². The van der Waals surface area contributed by atoms with E-state index in [0.29, 0.717) is 5.92 Å². The summed E-state index contributed by atoms with van der Waals surface area (Å²) in [6.45, 7) is 3.47. The highest BCUT2D eigenvalue weighted by atomic mass is 16.2. The van der Waals surface area contributed by atoms with Gasteiger partial charge in [0, 0.05) is 48.1 Å². The topological polar surface area (TPSA) is 53.2 Å². The number of benzene rings is 2. The fourth-order valence-corrected chi connectivity index (χ4v) is 4.33. The number of piperidine rings is 1. The molecule has 4 rings (SSSR count). The average molecular weight is 374 g/mol. The van der Waals surface area contributed by atoms with Crippen LogP contribution in [0.25, 0.3) is 10.9 Å². The average Bonchev–Trinajstić information content (AvgIpc) is 3.08. The molecule has 0 aliphatic carbocycles. The van der Waals surface area contributed by atoms with E-state index in [9.17, 15) is 9.59 Å². The molecular weight excluding hydrogens is 348 g/mol. The van der Waals surface area contributed by atoms with E-state index in [2.05, 4.69) is 29.2 Å². The SMILES string of the molecule is Cc1[nH]c2ccccc2c1C(=O)CCC(=O)N1CCC(c2ccccc2)CC1. The molecular formula is C24H26N2O2. The molecule has 1 aromatic heterocycles. The van der Waals surface area contributed by atoms with E-state index in [1.165, 1.54) is 5.56 Å². The molecule has 1 aliphatic heterocycles. The normalized spacial score (nSPS) is 15.1. The van der Waals surface area contributed by atoms with Crippen molar-refractivity contribution in [1.29, 1.82) is 0 Å². The Labute approximate surface area is 165 Å². The lowest BCUT2D eigenvalue weighted by molar-refractivity contribution is -0.132. The first-order valence-electron chi connectivity index (χ1n) is 10.1. The maximum atomic E-state index is 12.8. The molecule has 1 N–H and O–H groups in total. The van der Waals surface area contributed by atoms with Crippen LogP contribution in [0.4, 0.5) is 0 Å². The summed E-state index contributed by atoms with van der Waals surface area (Å²) in [7, 11) is 0. The van der Waals surface area contributed by atoms with Crippen LogP contribution in [-0.2, 0) is 4.79 Å². The van der Waals surface area contributed by atoms with Crippen molar-refractivity contribution >= 4 is 22.6 Å². The van der Waals surface area contributed by atoms with Gasteiger partial charge in [-0.15, -0.1) is 0 Å². The molecule has 4 nitrogen and oxygen atoms in total. The van der Waals surface area contributed by atoms with Gasteiger partial charge in [-0.1, -0.05) is 48.5 Å². The summed E-state index contributed by atoms with van der Waals surface area (Å²) in [5.41, 5.74) is 3.94. The number of aromatic amines is 1. The predicted molar refractivity (Wildman–Crippen MR) is 112 cm³/mol. The summed E-state index contributed by atoms with van der Waals surface area (Å²) < 4.78 is 0. The molecule has 0 saturated carbocycles. The summed E-state index contributed by atoms with van der Waals surface area (Å²) in [4.78, 5) is 30.6. The largest absolute Gasteiger partial charge is 0.358 e. The smallest absolute Gasteiger partial charge is 0.223 e. The van der Waals surface area contributed by atoms with E-state index >= 15 is 0 Å². The van der Waals surface area contributed by atoms with Crippen LogP contribution in [-0.4, -0.2) is 34.7 Å². The van der Waals surface area contributed by atoms with Gasteiger partial charge in [-0.25, -0.2) is 0 Å². The number of fused-ring (bicyclic) bond motifs is 1. The number of likely N-dealkylation sites (tertiary alicyclic amines) is 1. The number of hydrogen-bond donors (Lipinski definition) is 1. The van der Waals surface area contributed by atoms with Crippen molar-refractivity contribution in [1.82, 2.24) is 9.88 Å². The Morgan fingerprint density at radius 1 is 0.964 bits per heavy atom. The zero-order chi connectivity index (χ0) is 19.5. The Morgan fingerprint density at radius 3 is 2.39 bits per heavy atom. The number of H-pyrrole nitrogens is 1. The monoisotopic (exact) mass is 374 g/mol. The van der Waals surface area contributed by atoms with Crippen molar-refractivity contribution in [2.75, 3.05) is 13.1 Å². The van der Waals surface area contributed by atoms with Gasteiger partial charge in [-0.2, -0.15) is 0 Å². The van der Waals surface area contributed by atoms with Crippen LogP contribution in [0.3, 0.4) is 0 Å².